The lowest BCUT2D eigenvalue weighted by Crippen LogP contribution is -2.37. The first-order valence-corrected chi connectivity index (χ1v) is 8.99. The van der Waals surface area contributed by atoms with Gasteiger partial charge in [0.25, 0.3) is 0 Å². The maximum absolute atomic E-state index is 12.8. The molecule has 1 saturated heterocycles. The molecule has 2 atom stereocenters. The van der Waals surface area contributed by atoms with Crippen LogP contribution in [-0.4, -0.2) is 41.0 Å². The zero-order valence-corrected chi connectivity index (χ0v) is 14.4. The van der Waals surface area contributed by atoms with Gasteiger partial charge < -0.3 is 14.7 Å². The van der Waals surface area contributed by atoms with Crippen molar-refractivity contribution >= 4 is 11.7 Å². The third-order valence-corrected chi connectivity index (χ3v) is 5.11. The Kier molecular flexibility index (Phi) is 4.47. The molecular formula is C21H21NO4. The van der Waals surface area contributed by atoms with E-state index in [0.29, 0.717) is 48.4 Å². The molecule has 1 N–H and O–H groups in total. The van der Waals surface area contributed by atoms with Gasteiger partial charge in [-0.3, -0.25) is 9.59 Å². The van der Waals surface area contributed by atoms with Crippen LogP contribution in [0.5, 0.6) is 5.75 Å². The van der Waals surface area contributed by atoms with Crippen LogP contribution >= 0.6 is 0 Å². The van der Waals surface area contributed by atoms with E-state index in [9.17, 15) is 14.7 Å². The van der Waals surface area contributed by atoms with Crippen LogP contribution in [0.25, 0.3) is 0 Å². The molecule has 1 fully saturated rings. The quantitative estimate of drug-likeness (QED) is 0.864. The minimum Gasteiger partial charge on any atom is -0.493 e. The highest BCUT2D eigenvalue weighted by Gasteiger charge is 2.37. The Hall–Kier alpha value is -2.66. The number of ketones is 1. The van der Waals surface area contributed by atoms with Gasteiger partial charge in [-0.1, -0.05) is 30.3 Å². The van der Waals surface area contributed by atoms with Gasteiger partial charge >= 0.3 is 0 Å². The summed E-state index contributed by atoms with van der Waals surface area (Å²) in [5.74, 6) is 0.594. The number of hydrogen-bond acceptors (Lipinski definition) is 4. The number of ether oxygens (including phenoxy) is 1. The largest absolute Gasteiger partial charge is 0.493 e. The second kappa shape index (κ2) is 6.92. The molecule has 5 heteroatoms. The van der Waals surface area contributed by atoms with Crippen molar-refractivity contribution in [3.8, 4) is 5.75 Å². The van der Waals surface area contributed by atoms with Crippen LogP contribution in [0.4, 0.5) is 0 Å². The molecule has 2 aliphatic heterocycles. The van der Waals surface area contributed by atoms with Crippen molar-refractivity contribution in [3.63, 3.8) is 0 Å². The van der Waals surface area contributed by atoms with Crippen LogP contribution in [-0.2, 0) is 4.79 Å². The molecule has 4 rings (SSSR count). The minimum atomic E-state index is -0.708. The van der Waals surface area contributed by atoms with Crippen molar-refractivity contribution in [2.75, 3.05) is 13.2 Å². The highest BCUT2D eigenvalue weighted by Crippen LogP contribution is 2.38. The van der Waals surface area contributed by atoms with E-state index in [-0.39, 0.29) is 11.7 Å². The number of hydrogen-bond donors (Lipinski definition) is 1. The van der Waals surface area contributed by atoms with Gasteiger partial charge in [-0.15, -0.1) is 0 Å². The molecule has 5 nitrogen and oxygen atoms in total. The molecule has 2 aliphatic rings. The van der Waals surface area contributed by atoms with E-state index in [1.54, 1.807) is 35.2 Å². The fourth-order valence-electron chi connectivity index (χ4n) is 3.80. The van der Waals surface area contributed by atoms with Crippen molar-refractivity contribution in [1.82, 2.24) is 4.90 Å². The number of carbonyl (C=O) groups is 2. The van der Waals surface area contributed by atoms with Gasteiger partial charge in [-0.05, 0) is 24.6 Å². The van der Waals surface area contributed by atoms with Crippen LogP contribution in [0.3, 0.4) is 0 Å². The number of benzene rings is 2. The first-order chi connectivity index (χ1) is 12.6. The Morgan fingerprint density at radius 2 is 1.92 bits per heavy atom. The summed E-state index contributed by atoms with van der Waals surface area (Å²) in [5, 5.41) is 10.7. The number of nitrogens with zero attached hydrogens (tertiary/aromatic N) is 1. The lowest BCUT2D eigenvalue weighted by Gasteiger charge is -2.31. The van der Waals surface area contributed by atoms with Gasteiger partial charge in [0.2, 0.25) is 5.91 Å². The van der Waals surface area contributed by atoms with Gasteiger partial charge in [0, 0.05) is 36.1 Å². The van der Waals surface area contributed by atoms with Gasteiger partial charge in [-0.2, -0.15) is 0 Å². The summed E-state index contributed by atoms with van der Waals surface area (Å²) < 4.78 is 5.78. The van der Waals surface area contributed by atoms with Crippen LogP contribution in [0, 0.1) is 0 Å². The molecule has 0 aliphatic carbocycles. The van der Waals surface area contributed by atoms with Crippen LogP contribution < -0.4 is 4.74 Å². The van der Waals surface area contributed by atoms with E-state index in [4.69, 9.17) is 4.74 Å². The number of aliphatic hydroxyl groups excluding tert-OH is 1. The number of aliphatic hydroxyl groups is 1. The average Bonchev–Trinajstić information content (AvgIpc) is 3.01. The number of carbonyl (C=O) groups excluding carboxylic acids is 2. The van der Waals surface area contributed by atoms with Crippen molar-refractivity contribution in [3.05, 3.63) is 65.2 Å². The Labute approximate surface area is 152 Å². The fraction of sp³-hybridized carbons (Fsp3) is 0.333. The highest BCUT2D eigenvalue weighted by atomic mass is 16.5. The van der Waals surface area contributed by atoms with Gasteiger partial charge in [0.15, 0.2) is 5.78 Å². The predicted molar refractivity (Wildman–Crippen MR) is 96.1 cm³/mol. The van der Waals surface area contributed by atoms with E-state index >= 15 is 0 Å². The summed E-state index contributed by atoms with van der Waals surface area (Å²) in [6, 6.07) is 13.9. The summed E-state index contributed by atoms with van der Waals surface area (Å²) in [7, 11) is 0. The fourth-order valence-corrected chi connectivity index (χ4v) is 3.80. The molecule has 0 spiro atoms. The molecular weight excluding hydrogens is 330 g/mol. The summed E-state index contributed by atoms with van der Waals surface area (Å²) in [6.45, 7) is 1.01. The van der Waals surface area contributed by atoms with Gasteiger partial charge in [0.05, 0.1) is 18.8 Å². The zero-order chi connectivity index (χ0) is 18.1. The highest BCUT2D eigenvalue weighted by molar-refractivity contribution is 6.09. The Morgan fingerprint density at radius 3 is 2.65 bits per heavy atom. The van der Waals surface area contributed by atoms with E-state index < -0.39 is 12.1 Å². The first-order valence-electron chi connectivity index (χ1n) is 8.99. The molecule has 1 amide bonds. The zero-order valence-electron chi connectivity index (χ0n) is 14.4. The standard InChI is InChI=1S/C21H21NO4/c23-17-10-12-26-18-9-8-15(21(25)14-5-2-1-3-6-14)13-16(18)20(17)22-11-4-7-19(22)24/h1-3,5-6,8-9,13,17,20,23H,4,7,10-12H2/t17-,20-/m1/s1. The molecule has 2 aromatic rings. The number of amides is 1. The lowest BCUT2D eigenvalue weighted by molar-refractivity contribution is -0.132. The second-order valence-electron chi connectivity index (χ2n) is 6.79. The number of fused-ring (bicyclic) bond motifs is 1. The maximum atomic E-state index is 12.8. The molecule has 0 saturated carbocycles. The van der Waals surface area contributed by atoms with Crippen LogP contribution in [0.1, 0.15) is 46.8 Å². The topological polar surface area (TPSA) is 66.8 Å². The van der Waals surface area contributed by atoms with Crippen molar-refractivity contribution in [2.45, 2.75) is 31.4 Å². The van der Waals surface area contributed by atoms with Gasteiger partial charge in [-0.25, -0.2) is 0 Å². The van der Waals surface area contributed by atoms with Crippen molar-refractivity contribution in [1.29, 1.82) is 0 Å². The smallest absolute Gasteiger partial charge is 0.223 e. The maximum Gasteiger partial charge on any atom is 0.223 e. The average molecular weight is 351 g/mol. The molecule has 2 heterocycles. The molecule has 0 aromatic heterocycles. The monoisotopic (exact) mass is 351 g/mol. The summed E-state index contributed by atoms with van der Waals surface area (Å²) in [4.78, 5) is 26.8. The SMILES string of the molecule is O=C(c1ccccc1)c1ccc2c(c1)[C@@H](N1CCCC1=O)[C@H](O)CCO2. The van der Waals surface area contributed by atoms with Crippen molar-refractivity contribution < 1.29 is 19.4 Å². The normalized spacial score (nSPS) is 22.5. The Morgan fingerprint density at radius 1 is 1.12 bits per heavy atom. The summed E-state index contributed by atoms with van der Waals surface area (Å²) in [5.41, 5.74) is 1.85. The number of likely N-dealkylation sites (tertiary alicyclic amines) is 1. The summed E-state index contributed by atoms with van der Waals surface area (Å²) in [6.07, 6.45) is 1.04. The van der Waals surface area contributed by atoms with E-state index in [0.717, 1.165) is 6.42 Å². The van der Waals surface area contributed by atoms with E-state index in [1.807, 2.05) is 18.2 Å². The molecule has 2 aromatic carbocycles. The third kappa shape index (κ3) is 2.99. The van der Waals surface area contributed by atoms with Crippen LogP contribution in [0.2, 0.25) is 0 Å². The molecule has 0 unspecified atom stereocenters. The Bertz CT molecular complexity index is 833. The van der Waals surface area contributed by atoms with Gasteiger partial charge in [0.1, 0.15) is 5.75 Å². The second-order valence-corrected chi connectivity index (χ2v) is 6.79. The number of rotatable bonds is 3. The van der Waals surface area contributed by atoms with E-state index in [1.165, 1.54) is 0 Å². The molecule has 0 bridgehead atoms. The first kappa shape index (κ1) is 16.8. The van der Waals surface area contributed by atoms with Crippen LogP contribution in [0.15, 0.2) is 48.5 Å². The molecule has 26 heavy (non-hydrogen) atoms. The third-order valence-electron chi connectivity index (χ3n) is 5.11. The summed E-state index contributed by atoms with van der Waals surface area (Å²) >= 11 is 0. The minimum absolute atomic E-state index is 0.0432. The molecule has 0 radical (unpaired) electrons. The molecule has 134 valence electrons. The van der Waals surface area contributed by atoms with Crippen molar-refractivity contribution in [2.24, 2.45) is 0 Å². The Balaban J connectivity index is 1.76. The van der Waals surface area contributed by atoms with E-state index in [2.05, 4.69) is 0 Å². The predicted octanol–water partition coefficient (Wildman–Crippen LogP) is 2.72. The lowest BCUT2D eigenvalue weighted by atomic mass is 9.94.